The van der Waals surface area contributed by atoms with Gasteiger partial charge < -0.3 is 19.0 Å². The molecule has 0 atom stereocenters. The minimum Gasteiger partial charge on any atom is -0.493 e. The SMILES string of the molecule is C/C=C/COc1cc(C)c(OCCCCCCCCCOc2ccc(C(C)=NOC)nn2)c(C)c1. The number of rotatable bonds is 17. The zero-order valence-corrected chi connectivity index (χ0v) is 22.0. The lowest BCUT2D eigenvalue weighted by Crippen LogP contribution is -2.04. The van der Waals surface area contributed by atoms with Crippen LogP contribution in [0.1, 0.15) is 75.6 Å². The Hall–Kier alpha value is -3.09. The van der Waals surface area contributed by atoms with Gasteiger partial charge in [-0.1, -0.05) is 49.4 Å². The molecule has 35 heavy (non-hydrogen) atoms. The second kappa shape index (κ2) is 16.5. The number of allylic oxidation sites excluding steroid dienone is 1. The first kappa shape index (κ1) is 28.1. The Morgan fingerprint density at radius 1 is 0.857 bits per heavy atom. The molecule has 0 fully saturated rings. The Morgan fingerprint density at radius 2 is 1.49 bits per heavy atom. The maximum Gasteiger partial charge on any atom is 0.233 e. The third kappa shape index (κ3) is 10.8. The molecule has 1 heterocycles. The van der Waals surface area contributed by atoms with Crippen LogP contribution in [0.5, 0.6) is 17.4 Å². The summed E-state index contributed by atoms with van der Waals surface area (Å²) in [6, 6.07) is 7.75. The van der Waals surface area contributed by atoms with Gasteiger partial charge in [0.2, 0.25) is 5.88 Å². The van der Waals surface area contributed by atoms with E-state index in [0.29, 0.717) is 30.5 Å². The molecule has 1 aromatic carbocycles. The lowest BCUT2D eigenvalue weighted by molar-refractivity contribution is 0.213. The summed E-state index contributed by atoms with van der Waals surface area (Å²) in [5, 5.41) is 12.0. The number of ether oxygens (including phenoxy) is 3. The smallest absolute Gasteiger partial charge is 0.233 e. The average molecular weight is 484 g/mol. The predicted molar refractivity (Wildman–Crippen MR) is 141 cm³/mol. The van der Waals surface area contributed by atoms with Crippen molar-refractivity contribution in [1.82, 2.24) is 10.2 Å². The van der Waals surface area contributed by atoms with E-state index in [-0.39, 0.29) is 0 Å². The van der Waals surface area contributed by atoms with Crippen LogP contribution < -0.4 is 14.2 Å². The number of benzene rings is 1. The summed E-state index contributed by atoms with van der Waals surface area (Å²) in [5.41, 5.74) is 3.61. The van der Waals surface area contributed by atoms with Gasteiger partial charge in [-0.05, 0) is 69.9 Å². The fourth-order valence-corrected chi connectivity index (χ4v) is 3.67. The topological polar surface area (TPSA) is 75.1 Å². The maximum absolute atomic E-state index is 6.07. The van der Waals surface area contributed by atoms with Crippen LogP contribution in [0.15, 0.2) is 41.6 Å². The lowest BCUT2D eigenvalue weighted by Gasteiger charge is -2.14. The van der Waals surface area contributed by atoms with Crippen molar-refractivity contribution in [3.05, 3.63) is 53.2 Å². The Kier molecular flexibility index (Phi) is 13.3. The third-order valence-corrected chi connectivity index (χ3v) is 5.54. The van der Waals surface area contributed by atoms with Gasteiger partial charge in [-0.2, -0.15) is 0 Å². The average Bonchev–Trinajstić information content (AvgIpc) is 2.84. The fourth-order valence-electron chi connectivity index (χ4n) is 3.67. The number of hydrogen-bond donors (Lipinski definition) is 0. The second-order valence-corrected chi connectivity index (χ2v) is 8.55. The van der Waals surface area contributed by atoms with Crippen molar-refractivity contribution in [2.24, 2.45) is 5.16 Å². The molecule has 0 amide bonds. The molecule has 0 spiro atoms. The minimum absolute atomic E-state index is 0.542. The highest BCUT2D eigenvalue weighted by Gasteiger charge is 2.07. The molecule has 7 heteroatoms. The largest absolute Gasteiger partial charge is 0.493 e. The number of nitrogens with zero attached hydrogens (tertiary/aromatic N) is 3. The van der Waals surface area contributed by atoms with Crippen molar-refractivity contribution >= 4 is 5.71 Å². The molecule has 2 aromatic rings. The van der Waals surface area contributed by atoms with E-state index in [0.717, 1.165) is 48.5 Å². The zero-order chi connectivity index (χ0) is 25.3. The molecular formula is C28H41N3O4. The van der Waals surface area contributed by atoms with E-state index < -0.39 is 0 Å². The molecular weight excluding hydrogens is 442 g/mol. The van der Waals surface area contributed by atoms with E-state index in [1.54, 1.807) is 0 Å². The van der Waals surface area contributed by atoms with Gasteiger partial charge in [-0.15, -0.1) is 10.2 Å². The molecule has 0 unspecified atom stereocenters. The van der Waals surface area contributed by atoms with Gasteiger partial charge in [0.1, 0.15) is 36.6 Å². The molecule has 0 saturated heterocycles. The monoisotopic (exact) mass is 483 g/mol. The molecule has 0 aliphatic carbocycles. The standard InChI is InChI=1S/C28H41N3O4/c1-6-7-17-33-25-20-22(2)28(23(3)21-25)35-19-14-12-10-8-9-11-13-18-34-27-16-15-26(29-30-27)24(4)31-32-5/h6-7,15-16,20-21H,8-14,17-19H2,1-5H3/b7-6+,31-24?. The van der Waals surface area contributed by atoms with Crippen molar-refractivity contribution in [3.63, 3.8) is 0 Å². The normalized spacial score (nSPS) is 11.6. The van der Waals surface area contributed by atoms with Crippen molar-refractivity contribution in [3.8, 4) is 17.4 Å². The van der Waals surface area contributed by atoms with Gasteiger partial charge in [-0.3, -0.25) is 0 Å². The quantitative estimate of drug-likeness (QED) is 0.109. The van der Waals surface area contributed by atoms with Gasteiger partial charge >= 0.3 is 0 Å². The number of unbranched alkanes of at least 4 members (excludes halogenated alkanes) is 6. The highest BCUT2D eigenvalue weighted by molar-refractivity contribution is 5.96. The summed E-state index contributed by atoms with van der Waals surface area (Å²) in [7, 11) is 1.51. The summed E-state index contributed by atoms with van der Waals surface area (Å²) in [6.45, 7) is 9.98. The van der Waals surface area contributed by atoms with Gasteiger partial charge in [0, 0.05) is 6.07 Å². The van der Waals surface area contributed by atoms with Crippen molar-refractivity contribution in [2.75, 3.05) is 26.9 Å². The number of aryl methyl sites for hydroxylation is 2. The van der Waals surface area contributed by atoms with Crippen molar-refractivity contribution < 1.29 is 19.0 Å². The van der Waals surface area contributed by atoms with Gasteiger partial charge in [0.15, 0.2) is 0 Å². The molecule has 2 rings (SSSR count). The van der Waals surface area contributed by atoms with Crippen LogP contribution in [0, 0.1) is 13.8 Å². The maximum atomic E-state index is 6.07. The van der Waals surface area contributed by atoms with E-state index in [9.17, 15) is 0 Å². The van der Waals surface area contributed by atoms with Crippen LogP contribution in [0.25, 0.3) is 0 Å². The van der Waals surface area contributed by atoms with Gasteiger partial charge in [0.25, 0.3) is 0 Å². The predicted octanol–water partition coefficient (Wildman–Crippen LogP) is 6.61. The number of hydrogen-bond acceptors (Lipinski definition) is 7. The van der Waals surface area contributed by atoms with Crippen LogP contribution in [-0.4, -0.2) is 42.8 Å². The highest BCUT2D eigenvalue weighted by Crippen LogP contribution is 2.28. The molecule has 7 nitrogen and oxygen atoms in total. The summed E-state index contributed by atoms with van der Waals surface area (Å²) in [6.07, 6.45) is 12.1. The highest BCUT2D eigenvalue weighted by atomic mass is 16.6. The van der Waals surface area contributed by atoms with Gasteiger partial charge in [0.05, 0.1) is 13.2 Å². The molecule has 0 bridgehead atoms. The van der Waals surface area contributed by atoms with Crippen molar-refractivity contribution in [2.45, 2.75) is 72.6 Å². The van der Waals surface area contributed by atoms with Crippen LogP contribution in [-0.2, 0) is 4.84 Å². The molecule has 0 radical (unpaired) electrons. The Morgan fingerprint density at radius 3 is 2.06 bits per heavy atom. The third-order valence-electron chi connectivity index (χ3n) is 5.54. The van der Waals surface area contributed by atoms with E-state index in [4.69, 9.17) is 19.0 Å². The summed E-state index contributed by atoms with van der Waals surface area (Å²) in [5.74, 6) is 2.42. The number of oxime groups is 1. The first-order valence-electron chi connectivity index (χ1n) is 12.6. The van der Waals surface area contributed by atoms with E-state index in [1.807, 2.05) is 38.1 Å². The fraction of sp³-hybridized carbons (Fsp3) is 0.536. The number of aromatic nitrogens is 2. The first-order valence-corrected chi connectivity index (χ1v) is 12.6. The van der Waals surface area contributed by atoms with Crippen LogP contribution in [0.3, 0.4) is 0 Å². The van der Waals surface area contributed by atoms with E-state index in [2.05, 4.69) is 41.3 Å². The Labute approximate surface area is 210 Å². The molecule has 192 valence electrons. The Balaban J connectivity index is 1.51. The van der Waals surface area contributed by atoms with Crippen molar-refractivity contribution in [1.29, 1.82) is 0 Å². The minimum atomic E-state index is 0.542. The van der Waals surface area contributed by atoms with Crippen LogP contribution in [0.4, 0.5) is 0 Å². The zero-order valence-electron chi connectivity index (χ0n) is 22.0. The summed E-state index contributed by atoms with van der Waals surface area (Å²) < 4.78 is 17.5. The van der Waals surface area contributed by atoms with Gasteiger partial charge in [-0.25, -0.2) is 0 Å². The summed E-state index contributed by atoms with van der Waals surface area (Å²) >= 11 is 0. The summed E-state index contributed by atoms with van der Waals surface area (Å²) in [4.78, 5) is 4.75. The lowest BCUT2D eigenvalue weighted by atomic mass is 10.1. The Bertz CT molecular complexity index is 903. The van der Waals surface area contributed by atoms with Crippen LogP contribution >= 0.6 is 0 Å². The molecule has 0 aliphatic rings. The van der Waals surface area contributed by atoms with E-state index >= 15 is 0 Å². The molecule has 0 saturated carbocycles. The molecule has 1 aromatic heterocycles. The van der Waals surface area contributed by atoms with Crippen LogP contribution in [0.2, 0.25) is 0 Å². The molecule has 0 aliphatic heterocycles. The first-order chi connectivity index (χ1) is 17.0. The second-order valence-electron chi connectivity index (χ2n) is 8.55. The molecule has 0 N–H and O–H groups in total. The van der Waals surface area contributed by atoms with E-state index in [1.165, 1.54) is 32.8 Å².